The number of hydrogen-bond acceptors (Lipinski definition) is 5. The molecule has 0 aliphatic heterocycles. The minimum absolute atomic E-state index is 0.311. The number of carbonyl (C=O) groups is 1. The van der Waals surface area contributed by atoms with E-state index in [9.17, 15) is 17.9 Å². The van der Waals surface area contributed by atoms with E-state index in [2.05, 4.69) is 9.72 Å². The normalized spacial score (nSPS) is 11.9. The molecule has 0 spiro atoms. The van der Waals surface area contributed by atoms with Crippen LogP contribution in [-0.4, -0.2) is 26.8 Å². The maximum atomic E-state index is 13.1. The molecule has 6 nitrogen and oxygen atoms in total. The highest BCUT2D eigenvalue weighted by Crippen LogP contribution is 2.36. The summed E-state index contributed by atoms with van der Waals surface area (Å²) < 4.78 is 40.7. The van der Waals surface area contributed by atoms with E-state index in [1.54, 1.807) is 19.1 Å². The van der Waals surface area contributed by atoms with Gasteiger partial charge in [0.25, 0.3) is 11.3 Å². The number of thiazole rings is 1. The van der Waals surface area contributed by atoms with Crippen LogP contribution in [0, 0.1) is 12.7 Å². The predicted octanol–water partition coefficient (Wildman–Crippen LogP) is 4.32. The molecule has 9 heteroatoms. The van der Waals surface area contributed by atoms with E-state index in [0.29, 0.717) is 32.5 Å². The maximum absolute atomic E-state index is 13.1. The van der Waals surface area contributed by atoms with E-state index in [1.165, 1.54) is 54.8 Å². The monoisotopic (exact) mass is 406 g/mol. The molecule has 0 aliphatic rings. The van der Waals surface area contributed by atoms with Gasteiger partial charge in [-0.2, -0.15) is 0 Å². The van der Waals surface area contributed by atoms with Crippen molar-refractivity contribution in [3.05, 3.63) is 64.8 Å². The summed E-state index contributed by atoms with van der Waals surface area (Å²) in [6, 6.07) is 11.9. The van der Waals surface area contributed by atoms with Crippen molar-refractivity contribution in [3.8, 4) is 10.6 Å². The lowest BCUT2D eigenvalue weighted by molar-refractivity contribution is 0.0600. The lowest BCUT2D eigenvalue weighted by Gasteiger charge is -2.18. The molecule has 2 aromatic carbocycles. The number of nitrogens with zero attached hydrogens (tertiary/aromatic N) is 2. The number of aryl methyl sites for hydroxylation is 1. The quantitative estimate of drug-likeness (QED) is 0.504. The van der Waals surface area contributed by atoms with Gasteiger partial charge in [-0.25, -0.2) is 22.7 Å². The van der Waals surface area contributed by atoms with Gasteiger partial charge < -0.3 is 4.74 Å². The molecule has 0 fully saturated rings. The first-order valence-electron chi connectivity index (χ1n) is 7.73. The first kappa shape index (κ1) is 19.2. The van der Waals surface area contributed by atoms with Crippen molar-refractivity contribution in [3.63, 3.8) is 0 Å². The zero-order chi connectivity index (χ0) is 19.6. The van der Waals surface area contributed by atoms with Crippen LogP contribution in [0.5, 0.6) is 0 Å². The third-order valence-corrected chi connectivity index (χ3v) is 5.44. The number of benzene rings is 2. The van der Waals surface area contributed by atoms with E-state index < -0.39 is 17.2 Å². The fourth-order valence-electron chi connectivity index (χ4n) is 2.43. The van der Waals surface area contributed by atoms with Gasteiger partial charge in [-0.15, -0.1) is 11.3 Å². The minimum atomic E-state index is -2.38. The van der Waals surface area contributed by atoms with Crippen LogP contribution >= 0.6 is 11.3 Å². The molecule has 1 unspecified atom stereocenters. The van der Waals surface area contributed by atoms with Crippen LogP contribution in [0.3, 0.4) is 0 Å². The number of anilines is 2. The van der Waals surface area contributed by atoms with Crippen molar-refractivity contribution in [1.29, 1.82) is 0 Å². The lowest BCUT2D eigenvalue weighted by Crippen LogP contribution is -2.20. The first-order chi connectivity index (χ1) is 12.9. The third-order valence-electron chi connectivity index (χ3n) is 3.73. The maximum Gasteiger partial charge on any atom is 0.337 e. The second kappa shape index (κ2) is 7.95. The molecule has 3 rings (SSSR count). The van der Waals surface area contributed by atoms with Crippen LogP contribution in [-0.2, 0) is 16.0 Å². The molecular formula is C18H15FN2O4S2. The highest BCUT2D eigenvalue weighted by atomic mass is 32.2. The molecule has 0 amide bonds. The van der Waals surface area contributed by atoms with Crippen molar-refractivity contribution in [2.24, 2.45) is 0 Å². The Morgan fingerprint density at radius 1 is 1.19 bits per heavy atom. The highest BCUT2D eigenvalue weighted by Gasteiger charge is 2.22. The standard InChI is InChI=1S/C18H15FN2O4S2/c1-11-16(20-17(26-11)12-3-7-14(19)8-4-12)21(27(23)24)15-9-5-13(6-10-15)18(22)25-2/h3-10H,1-2H3,(H,23,24). The summed E-state index contributed by atoms with van der Waals surface area (Å²) in [6.07, 6.45) is 0. The van der Waals surface area contributed by atoms with Crippen molar-refractivity contribution in [2.45, 2.75) is 6.92 Å². The van der Waals surface area contributed by atoms with Crippen LogP contribution in [0.1, 0.15) is 15.2 Å². The zero-order valence-electron chi connectivity index (χ0n) is 14.4. The number of methoxy groups -OCH3 is 1. The summed E-state index contributed by atoms with van der Waals surface area (Å²) in [5.74, 6) is -0.538. The van der Waals surface area contributed by atoms with Gasteiger partial charge in [0.05, 0.1) is 18.4 Å². The molecule has 0 bridgehead atoms. The van der Waals surface area contributed by atoms with Crippen molar-refractivity contribution < 1.29 is 22.7 Å². The van der Waals surface area contributed by atoms with Crippen LogP contribution in [0.15, 0.2) is 48.5 Å². The number of halogens is 1. The minimum Gasteiger partial charge on any atom is -0.465 e. The Hall–Kier alpha value is -2.62. The molecule has 1 aromatic heterocycles. The first-order valence-corrected chi connectivity index (χ1v) is 9.61. The van der Waals surface area contributed by atoms with Crippen LogP contribution in [0.2, 0.25) is 0 Å². The SMILES string of the molecule is COC(=O)c1ccc(N(c2nc(-c3ccc(F)cc3)sc2C)S(=O)O)cc1. The summed E-state index contributed by atoms with van der Waals surface area (Å²) in [6.45, 7) is 1.78. The molecule has 1 heterocycles. The number of hydrogen-bond donors (Lipinski definition) is 1. The van der Waals surface area contributed by atoms with Crippen LogP contribution in [0.25, 0.3) is 10.6 Å². The van der Waals surface area contributed by atoms with Crippen molar-refractivity contribution >= 4 is 40.1 Å². The van der Waals surface area contributed by atoms with E-state index in [-0.39, 0.29) is 5.82 Å². The van der Waals surface area contributed by atoms with Gasteiger partial charge in [0.15, 0.2) is 5.82 Å². The molecule has 1 atom stereocenters. The third kappa shape index (κ3) is 4.05. The molecule has 1 N–H and O–H groups in total. The molecule has 3 aromatic rings. The van der Waals surface area contributed by atoms with Crippen molar-refractivity contribution in [1.82, 2.24) is 4.98 Å². The molecule has 0 aliphatic carbocycles. The Morgan fingerprint density at radius 2 is 1.81 bits per heavy atom. The Morgan fingerprint density at radius 3 is 2.37 bits per heavy atom. The Labute approximate surface area is 161 Å². The predicted molar refractivity (Wildman–Crippen MR) is 103 cm³/mol. The average Bonchev–Trinajstić information content (AvgIpc) is 3.03. The van der Waals surface area contributed by atoms with Gasteiger partial charge in [-0.3, -0.25) is 4.55 Å². The Kier molecular flexibility index (Phi) is 5.64. The van der Waals surface area contributed by atoms with Crippen LogP contribution < -0.4 is 4.31 Å². The number of aromatic nitrogens is 1. The lowest BCUT2D eigenvalue weighted by atomic mass is 10.2. The number of rotatable bonds is 5. The fourth-order valence-corrected chi connectivity index (χ4v) is 4.02. The van der Waals surface area contributed by atoms with Gasteiger partial charge in [0, 0.05) is 10.4 Å². The van der Waals surface area contributed by atoms with Crippen molar-refractivity contribution in [2.75, 3.05) is 11.4 Å². The second-order valence-electron chi connectivity index (χ2n) is 5.47. The van der Waals surface area contributed by atoms with E-state index in [1.807, 2.05) is 0 Å². The average molecular weight is 406 g/mol. The summed E-state index contributed by atoms with van der Waals surface area (Å²) in [4.78, 5) is 16.7. The molecule has 0 radical (unpaired) electrons. The van der Waals surface area contributed by atoms with Crippen LogP contribution in [0.4, 0.5) is 15.9 Å². The van der Waals surface area contributed by atoms with Gasteiger partial charge in [-0.05, 0) is 55.5 Å². The van der Waals surface area contributed by atoms with E-state index >= 15 is 0 Å². The summed E-state index contributed by atoms with van der Waals surface area (Å²) >= 11 is -1.05. The fraction of sp³-hybridized carbons (Fsp3) is 0.111. The van der Waals surface area contributed by atoms with E-state index in [4.69, 9.17) is 0 Å². The van der Waals surface area contributed by atoms with Gasteiger partial charge in [0.2, 0.25) is 0 Å². The summed E-state index contributed by atoms with van der Waals surface area (Å²) in [5, 5.41) is 0.601. The van der Waals surface area contributed by atoms with Gasteiger partial charge in [0.1, 0.15) is 10.8 Å². The summed E-state index contributed by atoms with van der Waals surface area (Å²) in [7, 11) is 1.28. The molecular weight excluding hydrogens is 391 g/mol. The van der Waals surface area contributed by atoms with Gasteiger partial charge in [-0.1, -0.05) is 0 Å². The summed E-state index contributed by atoms with van der Waals surface area (Å²) in [5.41, 5.74) is 1.43. The molecule has 0 saturated carbocycles. The smallest absolute Gasteiger partial charge is 0.337 e. The number of esters is 1. The molecule has 140 valence electrons. The number of carbonyl (C=O) groups excluding carboxylic acids is 1. The second-order valence-corrected chi connectivity index (χ2v) is 7.50. The van der Waals surface area contributed by atoms with Gasteiger partial charge >= 0.3 is 5.97 Å². The Bertz CT molecular complexity index is 988. The molecule has 0 saturated heterocycles. The largest absolute Gasteiger partial charge is 0.465 e. The number of ether oxygens (including phenoxy) is 1. The topological polar surface area (TPSA) is 79.7 Å². The Balaban J connectivity index is 1.99. The van der Waals surface area contributed by atoms with E-state index in [0.717, 1.165) is 4.31 Å². The highest BCUT2D eigenvalue weighted by molar-refractivity contribution is 7.81. The zero-order valence-corrected chi connectivity index (χ0v) is 16.0. The molecule has 27 heavy (non-hydrogen) atoms.